The molecule has 1 amide bonds. The Labute approximate surface area is 119 Å². The van der Waals surface area contributed by atoms with E-state index in [0.717, 1.165) is 5.56 Å². The van der Waals surface area contributed by atoms with E-state index in [1.807, 2.05) is 44.2 Å². The highest BCUT2D eigenvalue weighted by molar-refractivity contribution is 5.94. The zero-order chi connectivity index (χ0) is 15.0. The molecule has 106 valence electrons. The Kier molecular flexibility index (Phi) is 6.31. The number of aliphatic carboxylic acids is 1. The average molecular weight is 273 g/mol. The first-order valence-corrected chi connectivity index (χ1v) is 6.60. The van der Waals surface area contributed by atoms with Gasteiger partial charge in [0.25, 0.3) is 5.91 Å². The third-order valence-electron chi connectivity index (χ3n) is 2.76. The summed E-state index contributed by atoms with van der Waals surface area (Å²) >= 11 is 0. The van der Waals surface area contributed by atoms with E-state index in [1.165, 1.54) is 0 Å². The molecule has 0 saturated carbocycles. The van der Waals surface area contributed by atoms with E-state index < -0.39 is 5.97 Å². The predicted octanol–water partition coefficient (Wildman–Crippen LogP) is 2.14. The van der Waals surface area contributed by atoms with Crippen molar-refractivity contribution in [2.45, 2.75) is 32.7 Å². The number of amides is 1. The highest BCUT2D eigenvalue weighted by atomic mass is 16.4. The van der Waals surface area contributed by atoms with Gasteiger partial charge in [0.15, 0.2) is 0 Å². The molecule has 0 aromatic heterocycles. The van der Waals surface area contributed by atoms with Crippen LogP contribution in [-0.2, 0) is 9.59 Å². The maximum Gasteiger partial charge on any atom is 0.303 e. The Morgan fingerprint density at radius 3 is 2.45 bits per heavy atom. The molecule has 1 aromatic carbocycles. The van der Waals surface area contributed by atoms with Crippen LogP contribution in [0.15, 0.2) is 30.3 Å². The number of hydrogen-bond donors (Lipinski definition) is 1. The van der Waals surface area contributed by atoms with Crippen LogP contribution in [0.4, 0.5) is 0 Å². The zero-order valence-electron chi connectivity index (χ0n) is 11.8. The van der Waals surface area contributed by atoms with Gasteiger partial charge >= 0.3 is 5.97 Å². The molecule has 0 atom stereocenters. The van der Waals surface area contributed by atoms with Gasteiger partial charge in [-0.25, -0.2) is 0 Å². The van der Waals surface area contributed by atoms with Crippen LogP contribution in [0.1, 0.15) is 32.3 Å². The van der Waals surface area contributed by atoms with Crippen molar-refractivity contribution >= 4 is 11.9 Å². The van der Waals surface area contributed by atoms with E-state index in [0.29, 0.717) is 13.0 Å². The van der Waals surface area contributed by atoms with Crippen LogP contribution in [0.2, 0.25) is 0 Å². The van der Waals surface area contributed by atoms with Crippen molar-refractivity contribution in [3.05, 3.63) is 35.9 Å². The molecule has 0 heterocycles. The highest BCUT2D eigenvalue weighted by Crippen LogP contribution is 2.03. The van der Waals surface area contributed by atoms with Crippen LogP contribution in [0.5, 0.6) is 0 Å². The van der Waals surface area contributed by atoms with Crippen molar-refractivity contribution in [3.8, 4) is 11.8 Å². The van der Waals surface area contributed by atoms with Crippen LogP contribution in [0, 0.1) is 11.8 Å². The maximum atomic E-state index is 12.0. The largest absolute Gasteiger partial charge is 0.481 e. The third kappa shape index (κ3) is 5.57. The van der Waals surface area contributed by atoms with Gasteiger partial charge in [-0.2, -0.15) is 0 Å². The molecule has 0 spiro atoms. The van der Waals surface area contributed by atoms with Crippen LogP contribution in [-0.4, -0.2) is 34.5 Å². The van der Waals surface area contributed by atoms with E-state index in [2.05, 4.69) is 11.8 Å². The Balaban J connectivity index is 2.65. The summed E-state index contributed by atoms with van der Waals surface area (Å²) < 4.78 is 0. The fourth-order valence-electron chi connectivity index (χ4n) is 1.71. The molecular formula is C16H19NO3. The van der Waals surface area contributed by atoms with Gasteiger partial charge in [-0.3, -0.25) is 9.59 Å². The third-order valence-corrected chi connectivity index (χ3v) is 2.76. The smallest absolute Gasteiger partial charge is 0.303 e. The number of carbonyl (C=O) groups excluding carboxylic acids is 1. The molecule has 4 nitrogen and oxygen atoms in total. The lowest BCUT2D eigenvalue weighted by Crippen LogP contribution is -2.37. The second-order valence-electron chi connectivity index (χ2n) is 4.71. The molecule has 0 bridgehead atoms. The van der Waals surface area contributed by atoms with Crippen LogP contribution in [0.3, 0.4) is 0 Å². The quantitative estimate of drug-likeness (QED) is 0.836. The highest BCUT2D eigenvalue weighted by Gasteiger charge is 2.14. The molecule has 4 heteroatoms. The number of carbonyl (C=O) groups is 2. The molecule has 0 saturated heterocycles. The Hall–Kier alpha value is -2.28. The van der Waals surface area contributed by atoms with E-state index in [-0.39, 0.29) is 18.4 Å². The van der Waals surface area contributed by atoms with Gasteiger partial charge < -0.3 is 10.0 Å². The summed E-state index contributed by atoms with van der Waals surface area (Å²) in [5, 5.41) is 8.62. The summed E-state index contributed by atoms with van der Waals surface area (Å²) in [7, 11) is 0. The van der Waals surface area contributed by atoms with E-state index in [1.54, 1.807) is 4.90 Å². The van der Waals surface area contributed by atoms with Gasteiger partial charge in [-0.15, -0.1) is 0 Å². The van der Waals surface area contributed by atoms with E-state index >= 15 is 0 Å². The van der Waals surface area contributed by atoms with E-state index in [4.69, 9.17) is 5.11 Å². The monoisotopic (exact) mass is 273 g/mol. The lowest BCUT2D eigenvalue weighted by molar-refractivity contribution is -0.137. The normalized spacial score (nSPS) is 9.75. The molecule has 0 aliphatic rings. The molecule has 0 unspecified atom stereocenters. The van der Waals surface area contributed by atoms with Crippen molar-refractivity contribution < 1.29 is 14.7 Å². The second kappa shape index (κ2) is 8.00. The fourth-order valence-corrected chi connectivity index (χ4v) is 1.71. The predicted molar refractivity (Wildman–Crippen MR) is 77.0 cm³/mol. The molecule has 0 aliphatic carbocycles. The van der Waals surface area contributed by atoms with Crippen molar-refractivity contribution in [3.63, 3.8) is 0 Å². The zero-order valence-corrected chi connectivity index (χ0v) is 11.8. The Bertz CT molecular complexity index is 512. The summed E-state index contributed by atoms with van der Waals surface area (Å²) in [6, 6.07) is 9.29. The molecule has 20 heavy (non-hydrogen) atoms. The van der Waals surface area contributed by atoms with Gasteiger partial charge in [0, 0.05) is 30.5 Å². The molecule has 1 N–H and O–H groups in total. The van der Waals surface area contributed by atoms with Crippen molar-refractivity contribution in [2.24, 2.45) is 0 Å². The van der Waals surface area contributed by atoms with Gasteiger partial charge in [-0.05, 0) is 32.4 Å². The fraction of sp³-hybridized carbons (Fsp3) is 0.375. The Morgan fingerprint density at radius 1 is 1.25 bits per heavy atom. The first kappa shape index (κ1) is 15.8. The topological polar surface area (TPSA) is 57.6 Å². The second-order valence-corrected chi connectivity index (χ2v) is 4.71. The van der Waals surface area contributed by atoms with Crippen molar-refractivity contribution in [2.75, 3.05) is 6.54 Å². The van der Waals surface area contributed by atoms with Gasteiger partial charge in [0.2, 0.25) is 0 Å². The van der Waals surface area contributed by atoms with Crippen molar-refractivity contribution in [1.29, 1.82) is 0 Å². The Morgan fingerprint density at radius 2 is 1.90 bits per heavy atom. The lowest BCUT2D eigenvalue weighted by Gasteiger charge is -2.24. The van der Waals surface area contributed by atoms with Crippen LogP contribution in [0.25, 0.3) is 0 Å². The summed E-state index contributed by atoms with van der Waals surface area (Å²) in [6.45, 7) is 4.19. The summed E-state index contributed by atoms with van der Waals surface area (Å²) in [4.78, 5) is 24.1. The van der Waals surface area contributed by atoms with Gasteiger partial charge in [0.05, 0.1) is 0 Å². The molecule has 1 rings (SSSR count). The maximum absolute atomic E-state index is 12.0. The molecule has 0 radical (unpaired) electrons. The SMILES string of the molecule is CC(C)N(CCCC(=O)O)C(=O)C#Cc1ccccc1. The number of carboxylic acid groups (broad SMARTS) is 1. The van der Waals surface area contributed by atoms with E-state index in [9.17, 15) is 9.59 Å². The van der Waals surface area contributed by atoms with Crippen molar-refractivity contribution in [1.82, 2.24) is 4.90 Å². The molecule has 0 fully saturated rings. The number of benzene rings is 1. The van der Waals surface area contributed by atoms with Gasteiger partial charge in [0.1, 0.15) is 0 Å². The van der Waals surface area contributed by atoms with Crippen LogP contribution >= 0.6 is 0 Å². The molecule has 0 aliphatic heterocycles. The first-order valence-electron chi connectivity index (χ1n) is 6.60. The standard InChI is InChI=1S/C16H19NO3/c1-13(2)17(12-6-9-16(19)20)15(18)11-10-14-7-4-3-5-8-14/h3-5,7-8,13H,6,9,12H2,1-2H3,(H,19,20). The lowest BCUT2D eigenvalue weighted by atomic mass is 10.2. The molecule has 1 aromatic rings. The first-order chi connectivity index (χ1) is 9.50. The van der Waals surface area contributed by atoms with Crippen LogP contribution < -0.4 is 0 Å². The van der Waals surface area contributed by atoms with Gasteiger partial charge in [-0.1, -0.05) is 24.1 Å². The number of carboxylic acids is 1. The minimum absolute atomic E-state index is 0.00127. The number of rotatable bonds is 5. The number of hydrogen-bond acceptors (Lipinski definition) is 2. The number of nitrogens with zero attached hydrogens (tertiary/aromatic N) is 1. The summed E-state index contributed by atoms with van der Waals surface area (Å²) in [6.07, 6.45) is 0.495. The molecular weight excluding hydrogens is 254 g/mol. The average Bonchev–Trinajstić information content (AvgIpc) is 2.41. The minimum Gasteiger partial charge on any atom is -0.481 e. The minimum atomic E-state index is -0.850. The summed E-state index contributed by atoms with van der Waals surface area (Å²) in [5.74, 6) is 4.31. The summed E-state index contributed by atoms with van der Waals surface area (Å²) in [5.41, 5.74) is 0.787.